The molecule has 2 rings (SSSR count). The van der Waals surface area contributed by atoms with Crippen LogP contribution in [0.3, 0.4) is 0 Å². The van der Waals surface area contributed by atoms with Crippen LogP contribution in [0.5, 0.6) is 5.75 Å². The molecule has 2 atom stereocenters. The average molecular weight is 233 g/mol. The van der Waals surface area contributed by atoms with E-state index in [9.17, 15) is 18.3 Å². The van der Waals surface area contributed by atoms with Crippen molar-refractivity contribution < 1.29 is 23.0 Å². The third kappa shape index (κ3) is 1.85. The van der Waals surface area contributed by atoms with Gasteiger partial charge in [0.2, 0.25) is 0 Å². The zero-order chi connectivity index (χ0) is 11.9. The van der Waals surface area contributed by atoms with E-state index in [4.69, 9.17) is 10.5 Å². The van der Waals surface area contributed by atoms with Crippen LogP contribution < -0.4 is 10.5 Å². The van der Waals surface area contributed by atoms with Crippen molar-refractivity contribution in [1.29, 1.82) is 0 Å². The molecular weight excluding hydrogens is 223 g/mol. The molecule has 16 heavy (non-hydrogen) atoms. The molecule has 0 aromatic heterocycles. The van der Waals surface area contributed by atoms with Gasteiger partial charge in [-0.15, -0.1) is 0 Å². The van der Waals surface area contributed by atoms with Crippen molar-refractivity contribution in [3.63, 3.8) is 0 Å². The number of hydrogen-bond donors (Lipinski definition) is 2. The minimum Gasteiger partial charge on any atom is -0.490 e. The van der Waals surface area contributed by atoms with Gasteiger partial charge in [0.1, 0.15) is 18.5 Å². The SMILES string of the molecule is N[C@@H]1c2cc(C(F)(F)F)ccc2OC[C@@H]1O. The molecule has 0 amide bonds. The summed E-state index contributed by atoms with van der Waals surface area (Å²) in [6.45, 7) is -0.000465. The van der Waals surface area contributed by atoms with Crippen LogP contribution in [0.4, 0.5) is 13.2 Å². The number of ether oxygens (including phenoxy) is 1. The van der Waals surface area contributed by atoms with Gasteiger partial charge in [-0.2, -0.15) is 13.2 Å². The van der Waals surface area contributed by atoms with Crippen LogP contribution in [-0.4, -0.2) is 17.8 Å². The molecule has 0 saturated heterocycles. The van der Waals surface area contributed by atoms with Gasteiger partial charge in [0.25, 0.3) is 0 Å². The highest BCUT2D eigenvalue weighted by Gasteiger charge is 2.34. The van der Waals surface area contributed by atoms with E-state index in [0.717, 1.165) is 12.1 Å². The topological polar surface area (TPSA) is 55.5 Å². The third-order valence-corrected chi connectivity index (χ3v) is 2.52. The lowest BCUT2D eigenvalue weighted by molar-refractivity contribution is -0.137. The Morgan fingerprint density at radius 1 is 1.38 bits per heavy atom. The first-order valence-corrected chi connectivity index (χ1v) is 4.67. The molecule has 1 aromatic carbocycles. The van der Waals surface area contributed by atoms with Crippen molar-refractivity contribution in [3.8, 4) is 5.75 Å². The van der Waals surface area contributed by atoms with Crippen LogP contribution in [0, 0.1) is 0 Å². The monoisotopic (exact) mass is 233 g/mol. The lowest BCUT2D eigenvalue weighted by Gasteiger charge is -2.28. The number of halogens is 3. The highest BCUT2D eigenvalue weighted by Crippen LogP contribution is 2.36. The fourth-order valence-electron chi connectivity index (χ4n) is 1.60. The molecule has 1 heterocycles. The van der Waals surface area contributed by atoms with E-state index in [1.807, 2.05) is 0 Å². The van der Waals surface area contributed by atoms with Crippen LogP contribution in [0.1, 0.15) is 17.2 Å². The maximum absolute atomic E-state index is 12.4. The van der Waals surface area contributed by atoms with E-state index >= 15 is 0 Å². The molecule has 0 bridgehead atoms. The third-order valence-electron chi connectivity index (χ3n) is 2.52. The first-order chi connectivity index (χ1) is 7.39. The van der Waals surface area contributed by atoms with E-state index in [1.165, 1.54) is 6.07 Å². The van der Waals surface area contributed by atoms with E-state index in [0.29, 0.717) is 5.75 Å². The van der Waals surface area contributed by atoms with Gasteiger partial charge in [0, 0.05) is 5.56 Å². The summed E-state index contributed by atoms with van der Waals surface area (Å²) in [6, 6.07) is 2.24. The van der Waals surface area contributed by atoms with Crippen LogP contribution in [0.2, 0.25) is 0 Å². The number of benzene rings is 1. The molecule has 1 aromatic rings. The second kappa shape index (κ2) is 3.64. The molecule has 0 fully saturated rings. The minimum atomic E-state index is -4.42. The van der Waals surface area contributed by atoms with Crippen molar-refractivity contribution in [2.45, 2.75) is 18.3 Å². The van der Waals surface area contributed by atoms with E-state index < -0.39 is 23.9 Å². The summed E-state index contributed by atoms with van der Waals surface area (Å²) < 4.78 is 42.4. The van der Waals surface area contributed by atoms with Gasteiger partial charge < -0.3 is 15.6 Å². The van der Waals surface area contributed by atoms with Gasteiger partial charge in [-0.25, -0.2) is 0 Å². The molecule has 88 valence electrons. The summed E-state index contributed by atoms with van der Waals surface area (Å²) in [7, 11) is 0. The van der Waals surface area contributed by atoms with E-state index in [2.05, 4.69) is 0 Å². The Kier molecular flexibility index (Phi) is 2.55. The molecule has 3 N–H and O–H groups in total. The predicted molar refractivity (Wildman–Crippen MR) is 49.9 cm³/mol. The first-order valence-electron chi connectivity index (χ1n) is 4.67. The van der Waals surface area contributed by atoms with Crippen LogP contribution in [0.25, 0.3) is 0 Å². The molecule has 0 spiro atoms. The van der Waals surface area contributed by atoms with Crippen molar-refractivity contribution in [1.82, 2.24) is 0 Å². The maximum atomic E-state index is 12.4. The highest BCUT2D eigenvalue weighted by molar-refractivity contribution is 5.42. The summed E-state index contributed by atoms with van der Waals surface area (Å²) in [6.07, 6.45) is -5.40. The molecule has 0 aliphatic carbocycles. The van der Waals surface area contributed by atoms with Gasteiger partial charge in [0.05, 0.1) is 11.6 Å². The van der Waals surface area contributed by atoms with Crippen molar-refractivity contribution >= 4 is 0 Å². The maximum Gasteiger partial charge on any atom is 0.416 e. The van der Waals surface area contributed by atoms with E-state index in [1.54, 1.807) is 0 Å². The Bertz CT molecular complexity index is 406. The second-order valence-corrected chi connectivity index (χ2v) is 3.65. The smallest absolute Gasteiger partial charge is 0.416 e. The lowest BCUT2D eigenvalue weighted by Crippen LogP contribution is -2.35. The van der Waals surface area contributed by atoms with Gasteiger partial charge in [-0.1, -0.05) is 0 Å². The number of fused-ring (bicyclic) bond motifs is 1. The van der Waals surface area contributed by atoms with Gasteiger partial charge >= 0.3 is 6.18 Å². The molecule has 0 unspecified atom stereocenters. The number of rotatable bonds is 0. The van der Waals surface area contributed by atoms with Crippen LogP contribution in [0.15, 0.2) is 18.2 Å². The van der Waals surface area contributed by atoms with Gasteiger partial charge in [-0.05, 0) is 18.2 Å². The number of aliphatic hydroxyl groups is 1. The normalized spacial score (nSPS) is 24.8. The zero-order valence-electron chi connectivity index (χ0n) is 8.16. The number of hydrogen-bond acceptors (Lipinski definition) is 3. The van der Waals surface area contributed by atoms with Crippen molar-refractivity contribution in [2.24, 2.45) is 5.73 Å². The Hall–Kier alpha value is -1.27. The summed E-state index contributed by atoms with van der Waals surface area (Å²) in [5.41, 5.74) is 5.00. The number of aliphatic hydroxyl groups excluding tert-OH is 1. The molecule has 1 aliphatic rings. The van der Waals surface area contributed by atoms with Crippen LogP contribution in [-0.2, 0) is 6.18 Å². The van der Waals surface area contributed by atoms with Crippen molar-refractivity contribution in [2.75, 3.05) is 6.61 Å². The molecule has 3 nitrogen and oxygen atoms in total. The van der Waals surface area contributed by atoms with Crippen molar-refractivity contribution in [3.05, 3.63) is 29.3 Å². The molecule has 0 saturated carbocycles. The highest BCUT2D eigenvalue weighted by atomic mass is 19.4. The number of nitrogens with two attached hydrogens (primary N) is 1. The summed E-state index contributed by atoms with van der Waals surface area (Å²) in [4.78, 5) is 0. The summed E-state index contributed by atoms with van der Waals surface area (Å²) >= 11 is 0. The minimum absolute atomic E-state index is 0.000465. The van der Waals surface area contributed by atoms with Gasteiger partial charge in [-0.3, -0.25) is 0 Å². The lowest BCUT2D eigenvalue weighted by atomic mass is 9.97. The first kappa shape index (κ1) is 11.2. The average Bonchev–Trinajstić information content (AvgIpc) is 2.22. The Labute approximate surface area is 89.6 Å². The molecule has 1 aliphatic heterocycles. The predicted octanol–water partition coefficient (Wildman–Crippen LogP) is 1.46. The molecule has 0 radical (unpaired) electrons. The Morgan fingerprint density at radius 2 is 2.06 bits per heavy atom. The van der Waals surface area contributed by atoms with E-state index in [-0.39, 0.29) is 12.2 Å². The largest absolute Gasteiger partial charge is 0.490 e. The Balaban J connectivity index is 2.45. The molecule has 6 heteroatoms. The molecular formula is C10H10F3NO2. The number of alkyl halides is 3. The summed E-state index contributed by atoms with van der Waals surface area (Å²) in [5, 5.41) is 9.39. The fraction of sp³-hybridized carbons (Fsp3) is 0.400. The zero-order valence-corrected chi connectivity index (χ0v) is 8.16. The standard InChI is InChI=1S/C10H10F3NO2/c11-10(12,13)5-1-2-8-6(3-5)9(14)7(15)4-16-8/h1-3,7,9,15H,4,14H2/t7-,9+/m0/s1. The quantitative estimate of drug-likeness (QED) is 0.713. The summed E-state index contributed by atoms with van der Waals surface area (Å²) in [5.74, 6) is 0.297. The second-order valence-electron chi connectivity index (χ2n) is 3.65. The van der Waals surface area contributed by atoms with Gasteiger partial charge in [0.15, 0.2) is 0 Å². The van der Waals surface area contributed by atoms with Crippen LogP contribution >= 0.6 is 0 Å². The fourth-order valence-corrected chi connectivity index (χ4v) is 1.60. The Morgan fingerprint density at radius 3 is 2.69 bits per heavy atom.